The molecule has 4 rings (SSSR count). The summed E-state index contributed by atoms with van der Waals surface area (Å²) >= 11 is 6.77. The maximum absolute atomic E-state index is 10.9. The number of hydrogen-bond donors (Lipinski definition) is 2. The molecule has 142 valence electrons. The molecule has 0 saturated heterocycles. The minimum Gasteiger partial charge on any atom is -0.478 e. The third-order valence-corrected chi connectivity index (χ3v) is 5.59. The van der Waals surface area contributed by atoms with Crippen molar-refractivity contribution in [1.29, 1.82) is 0 Å². The topological polar surface area (TPSA) is 74.6 Å². The van der Waals surface area contributed by atoms with Crippen molar-refractivity contribution in [2.75, 3.05) is 0 Å². The average molecular weight is 615 g/mol. The summed E-state index contributed by atoms with van der Waals surface area (Å²) in [6.07, 6.45) is 0. The van der Waals surface area contributed by atoms with Crippen molar-refractivity contribution in [2.24, 2.45) is 0 Å². The molecule has 4 aromatic rings. The Morgan fingerprint density at radius 2 is 0.862 bits per heavy atom. The molecule has 0 atom stereocenters. The van der Waals surface area contributed by atoms with Gasteiger partial charge in [-0.3, -0.25) is 0 Å². The second-order valence-electron chi connectivity index (χ2n) is 5.89. The standard InChI is InChI=1S/2C11H7BrO2.Cd/c2*12-10-6-5-9(11(13)14)7-3-1-2-4-8(7)10;/h2*1-6H,(H,13,14);. The molecular formula is C22H14Br2CdO4. The Morgan fingerprint density at radius 3 is 1.17 bits per heavy atom. The molecule has 0 heterocycles. The summed E-state index contributed by atoms with van der Waals surface area (Å²) in [6, 6.07) is 21.6. The van der Waals surface area contributed by atoms with E-state index in [9.17, 15) is 9.59 Å². The predicted octanol–water partition coefficient (Wildman–Crippen LogP) is 6.60. The number of carbonyl (C=O) groups is 2. The molecule has 0 spiro atoms. The minimum absolute atomic E-state index is 0. The minimum atomic E-state index is -0.895. The Hall–Kier alpha value is -1.78. The van der Waals surface area contributed by atoms with Crippen LogP contribution in [0.5, 0.6) is 0 Å². The fourth-order valence-corrected chi connectivity index (χ4v) is 3.85. The molecule has 0 unspecified atom stereocenters. The molecule has 0 aliphatic carbocycles. The summed E-state index contributed by atoms with van der Waals surface area (Å²) < 4.78 is 1.83. The van der Waals surface area contributed by atoms with Gasteiger partial charge in [-0.2, -0.15) is 0 Å². The first-order valence-electron chi connectivity index (χ1n) is 8.21. The van der Waals surface area contributed by atoms with Crippen molar-refractivity contribution < 1.29 is 47.1 Å². The van der Waals surface area contributed by atoms with E-state index in [-0.39, 0.29) is 27.3 Å². The van der Waals surface area contributed by atoms with Crippen LogP contribution >= 0.6 is 31.9 Å². The normalized spacial score (nSPS) is 10.0. The zero-order chi connectivity index (χ0) is 20.3. The van der Waals surface area contributed by atoms with Gasteiger partial charge in [0.25, 0.3) is 0 Å². The van der Waals surface area contributed by atoms with E-state index in [4.69, 9.17) is 10.2 Å². The predicted molar refractivity (Wildman–Crippen MR) is 117 cm³/mol. The summed E-state index contributed by atoms with van der Waals surface area (Å²) in [7, 11) is 0. The van der Waals surface area contributed by atoms with Crippen molar-refractivity contribution in [2.45, 2.75) is 0 Å². The molecule has 0 amide bonds. The second-order valence-corrected chi connectivity index (χ2v) is 7.60. The van der Waals surface area contributed by atoms with Crippen LogP contribution in [0.3, 0.4) is 0 Å². The Kier molecular flexibility index (Phi) is 8.36. The zero-order valence-corrected chi connectivity index (χ0v) is 22.3. The van der Waals surface area contributed by atoms with E-state index in [1.165, 1.54) is 0 Å². The maximum Gasteiger partial charge on any atom is 0.336 e. The Balaban J connectivity index is 0.000000200. The van der Waals surface area contributed by atoms with Crippen molar-refractivity contribution in [3.8, 4) is 0 Å². The first kappa shape index (κ1) is 23.5. The third kappa shape index (κ3) is 5.23. The van der Waals surface area contributed by atoms with Gasteiger partial charge in [-0.1, -0.05) is 80.4 Å². The maximum atomic E-state index is 10.9. The number of carboxylic acid groups (broad SMARTS) is 2. The van der Waals surface area contributed by atoms with E-state index in [2.05, 4.69) is 31.9 Å². The molecular weight excluding hydrogens is 600 g/mol. The zero-order valence-electron chi connectivity index (χ0n) is 15.1. The van der Waals surface area contributed by atoms with Gasteiger partial charge >= 0.3 is 11.9 Å². The number of aromatic carboxylic acids is 2. The smallest absolute Gasteiger partial charge is 0.336 e. The van der Waals surface area contributed by atoms with E-state index in [1.54, 1.807) is 24.3 Å². The van der Waals surface area contributed by atoms with Gasteiger partial charge in [0.05, 0.1) is 11.1 Å². The van der Waals surface area contributed by atoms with Crippen LogP contribution in [-0.2, 0) is 27.3 Å². The number of carboxylic acids is 2. The summed E-state index contributed by atoms with van der Waals surface area (Å²) in [6.45, 7) is 0. The van der Waals surface area contributed by atoms with E-state index < -0.39 is 11.9 Å². The molecule has 0 radical (unpaired) electrons. The number of fused-ring (bicyclic) bond motifs is 2. The largest absolute Gasteiger partial charge is 0.478 e. The molecule has 4 nitrogen and oxygen atoms in total. The van der Waals surface area contributed by atoms with Gasteiger partial charge in [0, 0.05) is 36.2 Å². The Bertz CT molecular complexity index is 1110. The first-order chi connectivity index (χ1) is 13.4. The van der Waals surface area contributed by atoms with Crippen LogP contribution in [-0.4, -0.2) is 22.2 Å². The fourth-order valence-electron chi connectivity index (χ4n) is 2.90. The number of hydrogen-bond acceptors (Lipinski definition) is 2. The Morgan fingerprint density at radius 1 is 0.552 bits per heavy atom. The molecule has 4 aromatic carbocycles. The van der Waals surface area contributed by atoms with Gasteiger partial charge in [0.15, 0.2) is 0 Å². The van der Waals surface area contributed by atoms with Crippen molar-refractivity contribution >= 4 is 65.3 Å². The van der Waals surface area contributed by atoms with E-state index in [0.717, 1.165) is 30.5 Å². The van der Waals surface area contributed by atoms with E-state index in [0.29, 0.717) is 11.1 Å². The van der Waals surface area contributed by atoms with Crippen LogP contribution in [0.15, 0.2) is 81.7 Å². The summed E-state index contributed by atoms with van der Waals surface area (Å²) in [4.78, 5) is 21.8. The molecule has 0 aliphatic heterocycles. The summed E-state index contributed by atoms with van der Waals surface area (Å²) in [5.74, 6) is -1.79. The SMILES string of the molecule is O=C(O)c1ccc(Br)c2ccccc12.O=C(O)c1ccc(Br)c2ccccc12.[Cd]. The monoisotopic (exact) mass is 614 g/mol. The number of benzene rings is 4. The first-order valence-corrected chi connectivity index (χ1v) is 9.80. The molecule has 0 saturated carbocycles. The van der Waals surface area contributed by atoms with E-state index in [1.807, 2.05) is 48.5 Å². The van der Waals surface area contributed by atoms with Crippen LogP contribution in [0.1, 0.15) is 20.7 Å². The van der Waals surface area contributed by atoms with Crippen LogP contribution < -0.4 is 0 Å². The summed E-state index contributed by atoms with van der Waals surface area (Å²) in [5.41, 5.74) is 0.674. The molecule has 0 aromatic heterocycles. The molecule has 0 aliphatic rings. The van der Waals surface area contributed by atoms with Crippen LogP contribution in [0, 0.1) is 0 Å². The molecule has 29 heavy (non-hydrogen) atoms. The molecule has 0 bridgehead atoms. The van der Waals surface area contributed by atoms with E-state index >= 15 is 0 Å². The van der Waals surface area contributed by atoms with Gasteiger partial charge < -0.3 is 10.2 Å². The number of rotatable bonds is 2. The van der Waals surface area contributed by atoms with Crippen molar-refractivity contribution in [1.82, 2.24) is 0 Å². The van der Waals surface area contributed by atoms with Gasteiger partial charge in [-0.15, -0.1) is 0 Å². The van der Waals surface area contributed by atoms with Crippen LogP contribution in [0.2, 0.25) is 0 Å². The molecule has 0 fully saturated rings. The van der Waals surface area contributed by atoms with Crippen molar-refractivity contribution in [3.05, 3.63) is 92.9 Å². The fraction of sp³-hybridized carbons (Fsp3) is 0. The Labute approximate surface area is 204 Å². The third-order valence-electron chi connectivity index (χ3n) is 4.20. The quantitative estimate of drug-likeness (QED) is 0.250. The van der Waals surface area contributed by atoms with Gasteiger partial charge in [0.2, 0.25) is 0 Å². The van der Waals surface area contributed by atoms with Crippen LogP contribution in [0.25, 0.3) is 21.5 Å². The summed E-state index contributed by atoms with van der Waals surface area (Å²) in [5, 5.41) is 21.3. The van der Waals surface area contributed by atoms with Crippen molar-refractivity contribution in [3.63, 3.8) is 0 Å². The second kappa shape index (κ2) is 10.3. The van der Waals surface area contributed by atoms with Crippen LogP contribution in [0.4, 0.5) is 0 Å². The molecule has 7 heteroatoms. The van der Waals surface area contributed by atoms with Gasteiger partial charge in [0.1, 0.15) is 0 Å². The average Bonchev–Trinajstić information content (AvgIpc) is 2.69. The molecule has 2 N–H and O–H groups in total. The van der Waals surface area contributed by atoms with Gasteiger partial charge in [-0.05, 0) is 45.8 Å². The van der Waals surface area contributed by atoms with Gasteiger partial charge in [-0.25, -0.2) is 9.59 Å². The number of halogens is 2.